The molecule has 1 aliphatic heterocycles. The first kappa shape index (κ1) is 12.4. The Morgan fingerprint density at radius 2 is 2.15 bits per heavy atom. The van der Waals surface area contributed by atoms with E-state index in [1.54, 1.807) is 23.6 Å². The van der Waals surface area contributed by atoms with Gasteiger partial charge in [-0.2, -0.15) is 0 Å². The minimum absolute atomic E-state index is 0.281. The summed E-state index contributed by atoms with van der Waals surface area (Å²) in [6.45, 7) is 0.904. The van der Waals surface area contributed by atoms with E-state index in [-0.39, 0.29) is 6.54 Å². The molecule has 100 valence electrons. The molecule has 20 heavy (non-hydrogen) atoms. The molecule has 0 bridgehead atoms. The number of hydrogen-bond acceptors (Lipinski definition) is 6. The van der Waals surface area contributed by atoms with Gasteiger partial charge in [-0.15, -0.1) is 5.11 Å². The molecule has 0 spiro atoms. The van der Waals surface area contributed by atoms with Crippen LogP contribution in [-0.2, 0) is 6.54 Å². The smallest absolute Gasteiger partial charge is 0.166 e. The third kappa shape index (κ3) is 2.70. The Hall–Kier alpha value is -2.60. The molecular formula is C14H14N6. The highest BCUT2D eigenvalue weighted by Gasteiger charge is 2.04. The minimum Gasteiger partial charge on any atom is -0.324 e. The van der Waals surface area contributed by atoms with Gasteiger partial charge in [-0.1, -0.05) is 17.4 Å². The zero-order chi connectivity index (χ0) is 13.8. The fourth-order valence-electron chi connectivity index (χ4n) is 1.95. The molecule has 0 amide bonds. The standard InChI is InChI=1S/C14H14N6/c15-9-14-17-6-7-20(19-18-14)10-11-3-4-13-12(8-11)2-1-5-16-13/h1-8H,9-10,15H2. The monoisotopic (exact) mass is 266 g/mol. The molecule has 0 saturated carbocycles. The summed E-state index contributed by atoms with van der Waals surface area (Å²) in [6.07, 6.45) is 5.23. The number of fused-ring (bicyclic) bond motifs is 1. The number of rotatable bonds is 3. The van der Waals surface area contributed by atoms with Crippen LogP contribution in [-0.4, -0.2) is 22.4 Å². The van der Waals surface area contributed by atoms with Crippen molar-refractivity contribution in [2.24, 2.45) is 21.1 Å². The second kappa shape index (κ2) is 5.58. The summed E-state index contributed by atoms with van der Waals surface area (Å²) in [5, 5.41) is 10.9. The quantitative estimate of drug-likeness (QED) is 0.925. The second-order valence-electron chi connectivity index (χ2n) is 4.37. The predicted molar refractivity (Wildman–Crippen MR) is 77.8 cm³/mol. The number of amidine groups is 1. The first-order valence-electron chi connectivity index (χ1n) is 6.30. The molecule has 6 nitrogen and oxygen atoms in total. The molecule has 2 heterocycles. The van der Waals surface area contributed by atoms with Crippen molar-refractivity contribution in [2.45, 2.75) is 6.54 Å². The van der Waals surface area contributed by atoms with Crippen LogP contribution in [0.5, 0.6) is 0 Å². The third-order valence-corrected chi connectivity index (χ3v) is 2.93. The summed E-state index contributed by atoms with van der Waals surface area (Å²) < 4.78 is 0. The molecule has 1 aliphatic rings. The van der Waals surface area contributed by atoms with Gasteiger partial charge in [-0.3, -0.25) is 4.98 Å². The van der Waals surface area contributed by atoms with Crippen molar-refractivity contribution in [3.63, 3.8) is 0 Å². The molecule has 3 rings (SSSR count). The molecule has 0 fully saturated rings. The van der Waals surface area contributed by atoms with Crippen molar-refractivity contribution in [2.75, 3.05) is 6.54 Å². The average Bonchev–Trinajstić information content (AvgIpc) is 2.72. The highest BCUT2D eigenvalue weighted by atomic mass is 15.5. The van der Waals surface area contributed by atoms with E-state index in [2.05, 4.69) is 26.4 Å². The van der Waals surface area contributed by atoms with E-state index in [1.807, 2.05) is 24.3 Å². The van der Waals surface area contributed by atoms with Gasteiger partial charge in [0.05, 0.1) is 18.6 Å². The normalized spacial score (nSPS) is 14.4. The molecule has 2 aromatic rings. The fraction of sp³-hybridized carbons (Fsp3) is 0.143. The van der Waals surface area contributed by atoms with Crippen molar-refractivity contribution >= 4 is 16.7 Å². The van der Waals surface area contributed by atoms with Crippen molar-refractivity contribution in [3.05, 3.63) is 54.5 Å². The van der Waals surface area contributed by atoms with Crippen LogP contribution in [0.1, 0.15) is 5.56 Å². The zero-order valence-electron chi connectivity index (χ0n) is 10.8. The molecule has 1 aromatic heterocycles. The molecule has 0 radical (unpaired) electrons. The SMILES string of the molecule is NCC1=NC=CN(Cc2ccc3ncccc3c2)N=N1. The molecule has 1 aromatic carbocycles. The molecule has 6 heteroatoms. The Kier molecular flexibility index (Phi) is 3.47. The van der Waals surface area contributed by atoms with Gasteiger partial charge in [-0.25, -0.2) is 10.0 Å². The predicted octanol–water partition coefficient (Wildman–Crippen LogP) is 2.25. The first-order chi connectivity index (χ1) is 9.85. The van der Waals surface area contributed by atoms with E-state index in [0.717, 1.165) is 16.5 Å². The Morgan fingerprint density at radius 1 is 1.20 bits per heavy atom. The number of nitrogens with two attached hydrogens (primary N) is 1. The number of benzene rings is 1. The lowest BCUT2D eigenvalue weighted by Gasteiger charge is -2.11. The van der Waals surface area contributed by atoms with Crippen LogP contribution in [0.4, 0.5) is 0 Å². The number of pyridine rings is 1. The van der Waals surface area contributed by atoms with E-state index >= 15 is 0 Å². The molecular weight excluding hydrogens is 252 g/mol. The van der Waals surface area contributed by atoms with Crippen LogP contribution < -0.4 is 5.73 Å². The molecule has 0 saturated heterocycles. The molecule has 0 unspecified atom stereocenters. The maximum atomic E-state index is 5.49. The van der Waals surface area contributed by atoms with E-state index < -0.39 is 0 Å². The van der Waals surface area contributed by atoms with Crippen molar-refractivity contribution in [3.8, 4) is 0 Å². The fourth-order valence-corrected chi connectivity index (χ4v) is 1.95. The summed E-state index contributed by atoms with van der Waals surface area (Å²) in [5.41, 5.74) is 7.60. The zero-order valence-corrected chi connectivity index (χ0v) is 10.8. The topological polar surface area (TPSA) is 79.2 Å². The lowest BCUT2D eigenvalue weighted by Crippen LogP contribution is -2.11. The average molecular weight is 266 g/mol. The number of aromatic nitrogens is 1. The van der Waals surface area contributed by atoms with Crippen LogP contribution in [0, 0.1) is 0 Å². The number of nitrogens with zero attached hydrogens (tertiary/aromatic N) is 5. The number of aliphatic imine (C=N–C) groups is 1. The molecule has 0 aliphatic carbocycles. The highest BCUT2D eigenvalue weighted by molar-refractivity contribution is 5.84. The molecule has 2 N–H and O–H groups in total. The van der Waals surface area contributed by atoms with Gasteiger partial charge < -0.3 is 5.73 Å². The lowest BCUT2D eigenvalue weighted by atomic mass is 10.1. The summed E-state index contributed by atoms with van der Waals surface area (Å²) in [5.74, 6) is 0.520. The largest absolute Gasteiger partial charge is 0.324 e. The summed E-state index contributed by atoms with van der Waals surface area (Å²) in [4.78, 5) is 8.39. The number of hydrogen-bond donors (Lipinski definition) is 1. The van der Waals surface area contributed by atoms with Crippen LogP contribution >= 0.6 is 0 Å². The summed E-state index contributed by atoms with van der Waals surface area (Å²) >= 11 is 0. The highest BCUT2D eigenvalue weighted by Crippen LogP contribution is 2.15. The Labute approximate surface area is 116 Å². The van der Waals surface area contributed by atoms with Crippen LogP contribution in [0.2, 0.25) is 0 Å². The van der Waals surface area contributed by atoms with Crippen molar-refractivity contribution < 1.29 is 0 Å². The Morgan fingerprint density at radius 3 is 3.05 bits per heavy atom. The minimum atomic E-state index is 0.281. The van der Waals surface area contributed by atoms with Gasteiger partial charge in [0.1, 0.15) is 0 Å². The van der Waals surface area contributed by atoms with E-state index in [4.69, 9.17) is 5.73 Å². The van der Waals surface area contributed by atoms with Crippen LogP contribution in [0.25, 0.3) is 10.9 Å². The van der Waals surface area contributed by atoms with Gasteiger partial charge in [0, 0.05) is 24.0 Å². The van der Waals surface area contributed by atoms with Gasteiger partial charge >= 0.3 is 0 Å². The maximum absolute atomic E-state index is 5.49. The lowest BCUT2D eigenvalue weighted by molar-refractivity contribution is 0.370. The van der Waals surface area contributed by atoms with Crippen molar-refractivity contribution in [1.29, 1.82) is 0 Å². The second-order valence-corrected chi connectivity index (χ2v) is 4.37. The van der Waals surface area contributed by atoms with Gasteiger partial charge in [0.25, 0.3) is 0 Å². The third-order valence-electron chi connectivity index (χ3n) is 2.93. The Balaban J connectivity index is 1.80. The van der Waals surface area contributed by atoms with E-state index in [9.17, 15) is 0 Å². The van der Waals surface area contributed by atoms with Crippen LogP contribution in [0.15, 0.2) is 64.3 Å². The van der Waals surface area contributed by atoms with E-state index in [0.29, 0.717) is 12.4 Å². The van der Waals surface area contributed by atoms with Crippen molar-refractivity contribution in [1.82, 2.24) is 9.99 Å². The maximum Gasteiger partial charge on any atom is 0.166 e. The first-order valence-corrected chi connectivity index (χ1v) is 6.30. The Bertz CT molecular complexity index is 704. The summed E-state index contributed by atoms with van der Waals surface area (Å²) in [7, 11) is 0. The van der Waals surface area contributed by atoms with Gasteiger partial charge in [0.2, 0.25) is 0 Å². The van der Waals surface area contributed by atoms with E-state index in [1.165, 1.54) is 0 Å². The van der Waals surface area contributed by atoms with Gasteiger partial charge in [0.15, 0.2) is 5.84 Å². The van der Waals surface area contributed by atoms with Crippen LogP contribution in [0.3, 0.4) is 0 Å². The summed E-state index contributed by atoms with van der Waals surface area (Å²) in [6, 6.07) is 10.1. The molecule has 0 atom stereocenters. The van der Waals surface area contributed by atoms with Gasteiger partial charge in [-0.05, 0) is 23.8 Å².